The van der Waals surface area contributed by atoms with Crippen LogP contribution in [-0.2, 0) is 0 Å². The van der Waals surface area contributed by atoms with Crippen LogP contribution in [0.2, 0.25) is 0 Å². The molecule has 1 aliphatic rings. The van der Waals surface area contributed by atoms with E-state index in [0.29, 0.717) is 12.1 Å². The highest BCUT2D eigenvalue weighted by molar-refractivity contribution is 5.24. The minimum Gasteiger partial charge on any atom is -0.402 e. The van der Waals surface area contributed by atoms with Crippen LogP contribution in [0.15, 0.2) is 17.3 Å². The number of aliphatic imine (C=N–C) groups is 1. The SMILES string of the molecule is C=NC1CCC(CC(=C)N)NC1. The van der Waals surface area contributed by atoms with Gasteiger partial charge >= 0.3 is 0 Å². The normalized spacial score (nSPS) is 29.7. The summed E-state index contributed by atoms with van der Waals surface area (Å²) in [5.74, 6) is 0. The number of nitrogens with zero attached hydrogens (tertiary/aromatic N) is 1. The molecule has 68 valence electrons. The van der Waals surface area contributed by atoms with Gasteiger partial charge in [-0.2, -0.15) is 0 Å². The number of rotatable bonds is 3. The second-order valence-electron chi connectivity index (χ2n) is 3.38. The lowest BCUT2D eigenvalue weighted by Crippen LogP contribution is -2.41. The molecule has 0 aromatic rings. The molecule has 0 amide bonds. The van der Waals surface area contributed by atoms with Crippen LogP contribution < -0.4 is 11.1 Å². The predicted molar refractivity (Wildman–Crippen MR) is 52.3 cm³/mol. The molecule has 1 heterocycles. The Hall–Kier alpha value is -0.830. The van der Waals surface area contributed by atoms with Crippen molar-refractivity contribution in [3.05, 3.63) is 12.3 Å². The fourth-order valence-electron chi connectivity index (χ4n) is 1.55. The molecule has 0 radical (unpaired) electrons. The van der Waals surface area contributed by atoms with Gasteiger partial charge in [0.15, 0.2) is 0 Å². The number of hydrogen-bond acceptors (Lipinski definition) is 3. The summed E-state index contributed by atoms with van der Waals surface area (Å²) in [5, 5.41) is 3.38. The van der Waals surface area contributed by atoms with E-state index in [1.807, 2.05) is 0 Å². The Labute approximate surface area is 73.7 Å². The molecule has 12 heavy (non-hydrogen) atoms. The zero-order valence-electron chi connectivity index (χ0n) is 7.42. The Bertz CT molecular complexity index is 169. The maximum Gasteiger partial charge on any atom is 0.0617 e. The summed E-state index contributed by atoms with van der Waals surface area (Å²) in [5.41, 5.74) is 6.28. The molecule has 1 saturated heterocycles. The van der Waals surface area contributed by atoms with Crippen molar-refractivity contribution in [2.45, 2.75) is 31.3 Å². The van der Waals surface area contributed by atoms with Crippen LogP contribution in [-0.4, -0.2) is 25.3 Å². The van der Waals surface area contributed by atoms with Crippen LogP contribution in [0.4, 0.5) is 0 Å². The standard InChI is InChI=1S/C9H17N3/c1-7(10)5-8-3-4-9(11-2)6-12-8/h8-9,12H,1-6,10H2. The molecule has 1 aliphatic heterocycles. The maximum atomic E-state index is 5.52. The molecular weight excluding hydrogens is 150 g/mol. The smallest absolute Gasteiger partial charge is 0.0617 e. The number of nitrogens with two attached hydrogens (primary N) is 1. The quantitative estimate of drug-likeness (QED) is 0.607. The third kappa shape index (κ3) is 2.66. The van der Waals surface area contributed by atoms with Crippen molar-refractivity contribution in [3.8, 4) is 0 Å². The molecule has 3 heteroatoms. The van der Waals surface area contributed by atoms with E-state index in [1.54, 1.807) is 0 Å². The monoisotopic (exact) mass is 167 g/mol. The van der Waals surface area contributed by atoms with Gasteiger partial charge in [0.05, 0.1) is 6.04 Å². The van der Waals surface area contributed by atoms with Crippen molar-refractivity contribution in [1.29, 1.82) is 0 Å². The van der Waals surface area contributed by atoms with E-state index < -0.39 is 0 Å². The molecule has 0 aliphatic carbocycles. The highest BCUT2D eigenvalue weighted by Crippen LogP contribution is 2.14. The van der Waals surface area contributed by atoms with E-state index >= 15 is 0 Å². The first kappa shape index (κ1) is 9.26. The fourth-order valence-corrected chi connectivity index (χ4v) is 1.55. The second-order valence-corrected chi connectivity index (χ2v) is 3.38. The second kappa shape index (κ2) is 4.26. The van der Waals surface area contributed by atoms with E-state index in [4.69, 9.17) is 5.73 Å². The van der Waals surface area contributed by atoms with E-state index in [1.165, 1.54) is 0 Å². The zero-order valence-corrected chi connectivity index (χ0v) is 7.42. The molecule has 2 unspecified atom stereocenters. The molecule has 3 nitrogen and oxygen atoms in total. The first-order valence-corrected chi connectivity index (χ1v) is 4.35. The number of nitrogens with one attached hydrogen (secondary N) is 1. The largest absolute Gasteiger partial charge is 0.402 e. The van der Waals surface area contributed by atoms with Crippen molar-refractivity contribution in [2.75, 3.05) is 6.54 Å². The van der Waals surface area contributed by atoms with Gasteiger partial charge in [0.1, 0.15) is 0 Å². The molecular formula is C9H17N3. The average Bonchev–Trinajstić information content (AvgIpc) is 2.05. The molecule has 0 aromatic heterocycles. The maximum absolute atomic E-state index is 5.52. The lowest BCUT2D eigenvalue weighted by atomic mass is 9.98. The van der Waals surface area contributed by atoms with Crippen LogP contribution in [0.5, 0.6) is 0 Å². The summed E-state index contributed by atoms with van der Waals surface area (Å²) in [6, 6.07) is 0.896. The van der Waals surface area contributed by atoms with Gasteiger partial charge in [0.25, 0.3) is 0 Å². The number of piperidine rings is 1. The van der Waals surface area contributed by atoms with Crippen LogP contribution in [0, 0.1) is 0 Å². The third-order valence-electron chi connectivity index (χ3n) is 2.26. The van der Waals surface area contributed by atoms with Crippen LogP contribution in [0.3, 0.4) is 0 Å². The summed E-state index contributed by atoms with van der Waals surface area (Å²) < 4.78 is 0. The first-order chi connectivity index (χ1) is 5.72. The van der Waals surface area contributed by atoms with Gasteiger partial charge in [0, 0.05) is 24.7 Å². The Morgan fingerprint density at radius 2 is 2.33 bits per heavy atom. The van der Waals surface area contributed by atoms with Gasteiger partial charge in [-0.25, -0.2) is 0 Å². The molecule has 1 rings (SSSR count). The van der Waals surface area contributed by atoms with Crippen molar-refractivity contribution < 1.29 is 0 Å². The Morgan fingerprint density at radius 3 is 2.75 bits per heavy atom. The summed E-state index contributed by atoms with van der Waals surface area (Å²) in [4.78, 5) is 3.99. The number of hydrogen-bond donors (Lipinski definition) is 2. The topological polar surface area (TPSA) is 50.4 Å². The summed E-state index contributed by atoms with van der Waals surface area (Å²) in [6.45, 7) is 8.16. The summed E-state index contributed by atoms with van der Waals surface area (Å²) >= 11 is 0. The van der Waals surface area contributed by atoms with E-state index in [2.05, 4.69) is 23.6 Å². The van der Waals surface area contributed by atoms with Crippen LogP contribution >= 0.6 is 0 Å². The van der Waals surface area contributed by atoms with E-state index in [-0.39, 0.29) is 0 Å². The first-order valence-electron chi connectivity index (χ1n) is 4.35. The minimum atomic E-state index is 0.396. The Morgan fingerprint density at radius 1 is 1.58 bits per heavy atom. The van der Waals surface area contributed by atoms with Gasteiger partial charge in [-0.1, -0.05) is 6.58 Å². The highest BCUT2D eigenvalue weighted by atomic mass is 15.0. The average molecular weight is 167 g/mol. The van der Waals surface area contributed by atoms with Crippen molar-refractivity contribution in [1.82, 2.24) is 5.32 Å². The molecule has 0 spiro atoms. The fraction of sp³-hybridized carbons (Fsp3) is 0.667. The van der Waals surface area contributed by atoms with Crippen molar-refractivity contribution in [3.63, 3.8) is 0 Å². The van der Waals surface area contributed by atoms with E-state index in [9.17, 15) is 0 Å². The van der Waals surface area contributed by atoms with Crippen molar-refractivity contribution in [2.24, 2.45) is 10.7 Å². The van der Waals surface area contributed by atoms with Crippen LogP contribution in [0.25, 0.3) is 0 Å². The molecule has 3 N–H and O–H groups in total. The Balaban J connectivity index is 2.26. The molecule has 1 fully saturated rings. The molecule has 2 atom stereocenters. The lowest BCUT2D eigenvalue weighted by Gasteiger charge is -2.27. The highest BCUT2D eigenvalue weighted by Gasteiger charge is 2.18. The zero-order chi connectivity index (χ0) is 8.97. The molecule has 0 saturated carbocycles. The van der Waals surface area contributed by atoms with Gasteiger partial charge in [-0.15, -0.1) is 0 Å². The summed E-state index contributed by atoms with van der Waals surface area (Å²) in [7, 11) is 0. The predicted octanol–water partition coefficient (Wildman–Crippen LogP) is 0.670. The minimum absolute atomic E-state index is 0.396. The van der Waals surface area contributed by atoms with Gasteiger partial charge < -0.3 is 11.1 Å². The third-order valence-corrected chi connectivity index (χ3v) is 2.26. The van der Waals surface area contributed by atoms with Gasteiger partial charge in [-0.05, 0) is 19.6 Å². The van der Waals surface area contributed by atoms with E-state index in [0.717, 1.165) is 31.5 Å². The van der Waals surface area contributed by atoms with Crippen molar-refractivity contribution >= 4 is 6.72 Å². The molecule has 0 bridgehead atoms. The Kier molecular flexibility index (Phi) is 3.29. The lowest BCUT2D eigenvalue weighted by molar-refractivity contribution is 0.365. The van der Waals surface area contributed by atoms with Crippen LogP contribution in [0.1, 0.15) is 19.3 Å². The van der Waals surface area contributed by atoms with Gasteiger partial charge in [-0.3, -0.25) is 4.99 Å². The summed E-state index contributed by atoms with van der Waals surface area (Å²) in [6.07, 6.45) is 3.12. The molecule has 0 aromatic carbocycles. The van der Waals surface area contributed by atoms with Gasteiger partial charge in [0.2, 0.25) is 0 Å².